The molecule has 1 N–H and O–H groups in total. The van der Waals surface area contributed by atoms with Gasteiger partial charge in [-0.3, -0.25) is 14.9 Å². The first-order valence-corrected chi connectivity index (χ1v) is 7.99. The molecule has 0 radical (unpaired) electrons. The number of hydrogen-bond donors (Lipinski definition) is 1. The fraction of sp³-hybridized carbons (Fsp3) is 0.429. The van der Waals surface area contributed by atoms with E-state index in [9.17, 15) is 14.9 Å². The van der Waals surface area contributed by atoms with Gasteiger partial charge >= 0.3 is 0 Å². The van der Waals surface area contributed by atoms with Crippen LogP contribution in [-0.2, 0) is 4.79 Å². The first kappa shape index (κ1) is 17.4. The van der Waals surface area contributed by atoms with E-state index < -0.39 is 4.92 Å². The molecule has 1 fully saturated rings. The van der Waals surface area contributed by atoms with Crippen molar-refractivity contribution in [1.82, 2.24) is 10.2 Å². The normalized spacial score (nSPS) is 14.5. The Labute approximate surface area is 144 Å². The van der Waals surface area contributed by atoms with E-state index in [0.717, 1.165) is 0 Å². The molecule has 1 amide bonds. The summed E-state index contributed by atoms with van der Waals surface area (Å²) >= 11 is 11.4. The van der Waals surface area contributed by atoms with Crippen molar-refractivity contribution in [3.63, 3.8) is 0 Å². The van der Waals surface area contributed by atoms with E-state index in [1.165, 1.54) is 6.07 Å². The molecule has 1 aliphatic rings. The summed E-state index contributed by atoms with van der Waals surface area (Å²) in [5.74, 6) is -0.126. The lowest BCUT2D eigenvalue weighted by atomic mass is 10.2. The Hall–Kier alpha value is -1.93. The Kier molecular flexibility index (Phi) is 5.73. The number of halogens is 1. The molecule has 0 aromatic heterocycles. The summed E-state index contributed by atoms with van der Waals surface area (Å²) in [4.78, 5) is 25.9. The molecule has 0 atom stereocenters. The van der Waals surface area contributed by atoms with Gasteiger partial charge in [0.05, 0.1) is 9.95 Å². The number of thiocarbonyl (C=S) groups is 1. The molecular formula is C14H17ClN4O3S. The van der Waals surface area contributed by atoms with E-state index in [1.54, 1.807) is 19.1 Å². The van der Waals surface area contributed by atoms with Gasteiger partial charge in [-0.05, 0) is 18.3 Å². The largest absolute Gasteiger partial charge is 0.361 e. The smallest absolute Gasteiger partial charge is 0.294 e. The van der Waals surface area contributed by atoms with Crippen LogP contribution in [0.4, 0.5) is 11.4 Å². The summed E-state index contributed by atoms with van der Waals surface area (Å²) in [7, 11) is 0. The number of carbonyl (C=O) groups excluding carboxylic acids is 1. The van der Waals surface area contributed by atoms with Gasteiger partial charge < -0.3 is 15.1 Å². The van der Waals surface area contributed by atoms with Crippen molar-refractivity contribution in [3.8, 4) is 0 Å². The Balaban J connectivity index is 2.07. The van der Waals surface area contributed by atoms with Gasteiger partial charge in [-0.15, -0.1) is 0 Å². The quantitative estimate of drug-likeness (QED) is 0.508. The molecule has 23 heavy (non-hydrogen) atoms. The Bertz CT molecular complexity index is 632. The average Bonchev–Trinajstić information content (AvgIpc) is 2.54. The minimum Gasteiger partial charge on any atom is -0.361 e. The van der Waals surface area contributed by atoms with Gasteiger partial charge in [-0.25, -0.2) is 0 Å². The lowest BCUT2D eigenvalue weighted by Crippen LogP contribution is -2.52. The molecule has 1 saturated heterocycles. The van der Waals surface area contributed by atoms with Crippen LogP contribution in [-0.4, -0.2) is 47.0 Å². The topological polar surface area (TPSA) is 78.7 Å². The van der Waals surface area contributed by atoms with Crippen LogP contribution in [0, 0.1) is 10.1 Å². The zero-order chi connectivity index (χ0) is 17.0. The van der Waals surface area contributed by atoms with Crippen LogP contribution in [0.3, 0.4) is 0 Å². The molecule has 0 bridgehead atoms. The zero-order valence-electron chi connectivity index (χ0n) is 12.6. The summed E-state index contributed by atoms with van der Waals surface area (Å²) in [6, 6.07) is 4.65. The van der Waals surface area contributed by atoms with Crippen molar-refractivity contribution in [1.29, 1.82) is 0 Å². The lowest BCUT2D eigenvalue weighted by molar-refractivity contribution is -0.384. The minimum absolute atomic E-state index is 0.00666. The number of nitrogens with one attached hydrogen (secondary N) is 1. The second-order valence-corrected chi connectivity index (χ2v) is 5.84. The molecule has 1 aromatic rings. The number of benzene rings is 1. The molecule has 1 heterocycles. The number of nitrogens with zero attached hydrogens (tertiary/aromatic N) is 3. The van der Waals surface area contributed by atoms with Crippen molar-refractivity contribution >= 4 is 46.2 Å². The molecule has 124 valence electrons. The van der Waals surface area contributed by atoms with Crippen LogP contribution < -0.4 is 10.2 Å². The standard InChI is InChI=1S/C14H17ClN4O3S/c1-2-12(20)16-14(23)18-8-6-17(7-9-18)13-10(15)4-3-5-11(13)19(21)22/h3-5H,2,6-9H2,1H3,(H,16,20,23). The number of nitro groups is 1. The van der Waals surface area contributed by atoms with E-state index >= 15 is 0 Å². The van der Waals surface area contributed by atoms with E-state index in [-0.39, 0.29) is 11.6 Å². The Morgan fingerprint density at radius 2 is 2.04 bits per heavy atom. The van der Waals surface area contributed by atoms with Crippen LogP contribution in [0.5, 0.6) is 0 Å². The van der Waals surface area contributed by atoms with Crippen molar-refractivity contribution in [3.05, 3.63) is 33.3 Å². The number of nitro benzene ring substituents is 1. The molecule has 0 saturated carbocycles. The van der Waals surface area contributed by atoms with Gasteiger partial charge in [0.2, 0.25) is 5.91 Å². The SMILES string of the molecule is CCC(=O)NC(=S)N1CCN(c2c(Cl)cccc2[N+](=O)[O-])CC1. The third kappa shape index (κ3) is 4.08. The van der Waals surface area contributed by atoms with Crippen LogP contribution in [0.1, 0.15) is 13.3 Å². The van der Waals surface area contributed by atoms with E-state index in [4.69, 9.17) is 23.8 Å². The maximum absolute atomic E-state index is 11.4. The number of anilines is 1. The van der Waals surface area contributed by atoms with Crippen molar-refractivity contribution < 1.29 is 9.72 Å². The van der Waals surface area contributed by atoms with Gasteiger partial charge in [0, 0.05) is 38.7 Å². The summed E-state index contributed by atoms with van der Waals surface area (Å²) in [6.45, 7) is 3.95. The van der Waals surface area contributed by atoms with Gasteiger partial charge in [0.15, 0.2) is 5.11 Å². The molecule has 1 aliphatic heterocycles. The molecule has 0 aliphatic carbocycles. The Morgan fingerprint density at radius 3 is 2.61 bits per heavy atom. The number of piperazine rings is 1. The summed E-state index contributed by atoms with van der Waals surface area (Å²) in [5, 5.41) is 14.6. The van der Waals surface area contributed by atoms with Crippen molar-refractivity contribution in [2.24, 2.45) is 0 Å². The van der Waals surface area contributed by atoms with Crippen molar-refractivity contribution in [2.45, 2.75) is 13.3 Å². The number of amides is 1. The third-order valence-corrected chi connectivity index (χ3v) is 4.28. The van der Waals surface area contributed by atoms with Crippen molar-refractivity contribution in [2.75, 3.05) is 31.1 Å². The van der Waals surface area contributed by atoms with Crippen LogP contribution in [0.2, 0.25) is 5.02 Å². The van der Waals surface area contributed by atoms with E-state index in [1.807, 2.05) is 9.80 Å². The highest BCUT2D eigenvalue weighted by Gasteiger charge is 2.26. The maximum atomic E-state index is 11.4. The fourth-order valence-electron chi connectivity index (χ4n) is 2.38. The number of hydrogen-bond acceptors (Lipinski definition) is 5. The second-order valence-electron chi connectivity index (χ2n) is 5.05. The highest BCUT2D eigenvalue weighted by molar-refractivity contribution is 7.80. The minimum atomic E-state index is -0.431. The van der Waals surface area contributed by atoms with Crippen LogP contribution in [0.15, 0.2) is 18.2 Å². The highest BCUT2D eigenvalue weighted by Crippen LogP contribution is 2.35. The fourth-order valence-corrected chi connectivity index (χ4v) is 2.97. The highest BCUT2D eigenvalue weighted by atomic mass is 35.5. The van der Waals surface area contributed by atoms with E-state index in [2.05, 4.69) is 5.32 Å². The molecule has 7 nitrogen and oxygen atoms in total. The molecule has 9 heteroatoms. The molecule has 1 aromatic carbocycles. The van der Waals surface area contributed by atoms with Crippen LogP contribution >= 0.6 is 23.8 Å². The molecule has 0 spiro atoms. The average molecular weight is 357 g/mol. The predicted molar refractivity (Wildman–Crippen MR) is 92.9 cm³/mol. The maximum Gasteiger partial charge on any atom is 0.294 e. The number of carbonyl (C=O) groups is 1. The third-order valence-electron chi connectivity index (χ3n) is 3.61. The molecular weight excluding hydrogens is 340 g/mol. The molecule has 0 unspecified atom stereocenters. The zero-order valence-corrected chi connectivity index (χ0v) is 14.2. The first-order chi connectivity index (χ1) is 10.9. The number of para-hydroxylation sites is 1. The molecule has 2 rings (SSSR count). The summed E-state index contributed by atoms with van der Waals surface area (Å²) in [6.07, 6.45) is 0.367. The number of rotatable bonds is 3. The van der Waals surface area contributed by atoms with Crippen LogP contribution in [0.25, 0.3) is 0 Å². The Morgan fingerprint density at radius 1 is 1.39 bits per heavy atom. The van der Waals surface area contributed by atoms with Gasteiger partial charge in [-0.2, -0.15) is 0 Å². The second kappa shape index (κ2) is 7.56. The summed E-state index contributed by atoms with van der Waals surface area (Å²) in [5.41, 5.74) is 0.426. The first-order valence-electron chi connectivity index (χ1n) is 7.20. The van der Waals surface area contributed by atoms with E-state index in [0.29, 0.717) is 48.4 Å². The van der Waals surface area contributed by atoms with Gasteiger partial charge in [0.1, 0.15) is 5.69 Å². The predicted octanol–water partition coefficient (Wildman–Crippen LogP) is 2.18. The van der Waals surface area contributed by atoms with Gasteiger partial charge in [0.25, 0.3) is 5.69 Å². The lowest BCUT2D eigenvalue weighted by Gasteiger charge is -2.37. The van der Waals surface area contributed by atoms with Gasteiger partial charge in [-0.1, -0.05) is 24.6 Å². The monoisotopic (exact) mass is 356 g/mol. The summed E-state index contributed by atoms with van der Waals surface area (Å²) < 4.78 is 0.